The van der Waals surface area contributed by atoms with Crippen LogP contribution in [0.15, 0.2) is 24.3 Å². The maximum absolute atomic E-state index is 8.92. The van der Waals surface area contributed by atoms with Gasteiger partial charge >= 0.3 is 0 Å². The van der Waals surface area contributed by atoms with Crippen molar-refractivity contribution in [2.45, 2.75) is 19.4 Å². The maximum atomic E-state index is 8.92. The highest BCUT2D eigenvalue weighted by Gasteiger charge is 2.02. The van der Waals surface area contributed by atoms with Crippen LogP contribution in [0.25, 0.3) is 0 Å². The minimum Gasteiger partial charge on any atom is -0.396 e. The van der Waals surface area contributed by atoms with E-state index in [-0.39, 0.29) is 12.5 Å². The minimum absolute atomic E-state index is 0.189. The minimum atomic E-state index is 0.189. The lowest BCUT2D eigenvalue weighted by atomic mass is 10.00. The summed E-state index contributed by atoms with van der Waals surface area (Å²) in [6.45, 7) is 2.75. The zero-order valence-electron chi connectivity index (χ0n) is 7.33. The third kappa shape index (κ3) is 2.06. The van der Waals surface area contributed by atoms with Crippen LogP contribution in [-0.4, -0.2) is 11.7 Å². The summed E-state index contributed by atoms with van der Waals surface area (Å²) >= 11 is 0. The van der Waals surface area contributed by atoms with Gasteiger partial charge in [-0.1, -0.05) is 31.2 Å². The molecule has 1 unspecified atom stereocenters. The van der Waals surface area contributed by atoms with Crippen molar-refractivity contribution in [3.05, 3.63) is 35.4 Å². The largest absolute Gasteiger partial charge is 0.396 e. The second kappa shape index (κ2) is 4.24. The average Bonchev–Trinajstić information content (AvgIpc) is 2.17. The van der Waals surface area contributed by atoms with Gasteiger partial charge in [0.25, 0.3) is 0 Å². The van der Waals surface area contributed by atoms with Gasteiger partial charge in [0.05, 0.1) is 0 Å². The number of aliphatic hydroxyl groups excluding tert-OH is 1. The van der Waals surface area contributed by atoms with Crippen molar-refractivity contribution in [1.29, 1.82) is 0 Å². The van der Waals surface area contributed by atoms with Crippen molar-refractivity contribution < 1.29 is 5.11 Å². The van der Waals surface area contributed by atoms with Gasteiger partial charge in [-0.15, -0.1) is 0 Å². The predicted molar refractivity (Wildman–Crippen MR) is 49.8 cm³/mol. The standard InChI is InChI=1S/C10H15NO/c1-8(7-12)10-4-2-3-9(5-10)6-11/h2-5,8,12H,6-7,11H2,1H3. The van der Waals surface area contributed by atoms with E-state index in [1.165, 1.54) is 0 Å². The van der Waals surface area contributed by atoms with Crippen LogP contribution < -0.4 is 5.73 Å². The molecule has 12 heavy (non-hydrogen) atoms. The van der Waals surface area contributed by atoms with Crippen LogP contribution in [0.1, 0.15) is 24.0 Å². The normalized spacial score (nSPS) is 12.9. The molecule has 1 rings (SSSR count). The Labute approximate surface area is 73.0 Å². The van der Waals surface area contributed by atoms with Crippen LogP contribution in [0.3, 0.4) is 0 Å². The number of nitrogens with two attached hydrogens (primary N) is 1. The van der Waals surface area contributed by atoms with E-state index < -0.39 is 0 Å². The first-order valence-electron chi connectivity index (χ1n) is 4.17. The van der Waals surface area contributed by atoms with Crippen molar-refractivity contribution in [3.63, 3.8) is 0 Å². The summed E-state index contributed by atoms with van der Waals surface area (Å²) in [5.74, 6) is 0.205. The Kier molecular flexibility index (Phi) is 3.26. The van der Waals surface area contributed by atoms with E-state index in [0.717, 1.165) is 11.1 Å². The SMILES string of the molecule is CC(CO)c1cccc(CN)c1. The Morgan fingerprint density at radius 3 is 2.83 bits per heavy atom. The summed E-state index contributed by atoms with van der Waals surface area (Å²) < 4.78 is 0. The molecule has 0 radical (unpaired) electrons. The predicted octanol–water partition coefficient (Wildman–Crippen LogP) is 1.24. The van der Waals surface area contributed by atoms with Crippen molar-refractivity contribution in [2.24, 2.45) is 5.73 Å². The van der Waals surface area contributed by atoms with Gasteiger partial charge in [-0.3, -0.25) is 0 Å². The summed E-state index contributed by atoms with van der Waals surface area (Å²) in [6, 6.07) is 8.03. The molecular weight excluding hydrogens is 150 g/mol. The number of hydrogen-bond acceptors (Lipinski definition) is 2. The second-order valence-corrected chi connectivity index (χ2v) is 3.03. The second-order valence-electron chi connectivity index (χ2n) is 3.03. The Hall–Kier alpha value is -0.860. The van der Waals surface area contributed by atoms with Crippen molar-refractivity contribution in [3.8, 4) is 0 Å². The highest BCUT2D eigenvalue weighted by molar-refractivity contribution is 5.25. The molecule has 0 spiro atoms. The van der Waals surface area contributed by atoms with Gasteiger partial charge in [0.2, 0.25) is 0 Å². The summed E-state index contributed by atoms with van der Waals surface area (Å²) in [5, 5.41) is 8.92. The molecule has 0 bridgehead atoms. The number of aliphatic hydroxyl groups is 1. The first kappa shape index (κ1) is 9.23. The number of hydrogen-bond donors (Lipinski definition) is 2. The van der Waals surface area contributed by atoms with Gasteiger partial charge < -0.3 is 10.8 Å². The summed E-state index contributed by atoms with van der Waals surface area (Å²) in [6.07, 6.45) is 0. The molecule has 66 valence electrons. The lowest BCUT2D eigenvalue weighted by Gasteiger charge is -2.08. The molecule has 2 heteroatoms. The monoisotopic (exact) mass is 165 g/mol. The number of benzene rings is 1. The van der Waals surface area contributed by atoms with Gasteiger partial charge in [0.15, 0.2) is 0 Å². The van der Waals surface area contributed by atoms with E-state index in [2.05, 4.69) is 0 Å². The van der Waals surface area contributed by atoms with Crippen molar-refractivity contribution >= 4 is 0 Å². The highest BCUT2D eigenvalue weighted by atomic mass is 16.3. The first-order chi connectivity index (χ1) is 5.77. The Morgan fingerprint density at radius 1 is 1.50 bits per heavy atom. The quantitative estimate of drug-likeness (QED) is 0.708. The third-order valence-corrected chi connectivity index (χ3v) is 2.03. The molecular formula is C10H15NO. The van der Waals surface area contributed by atoms with Crippen LogP contribution in [0, 0.1) is 0 Å². The van der Waals surface area contributed by atoms with Crippen LogP contribution in [-0.2, 0) is 6.54 Å². The molecule has 0 amide bonds. The molecule has 0 aliphatic rings. The summed E-state index contributed by atoms with van der Waals surface area (Å²) in [7, 11) is 0. The zero-order chi connectivity index (χ0) is 8.97. The lowest BCUT2D eigenvalue weighted by Crippen LogP contribution is -2.01. The fourth-order valence-electron chi connectivity index (χ4n) is 1.13. The Bertz CT molecular complexity index is 247. The number of rotatable bonds is 3. The van der Waals surface area contributed by atoms with E-state index in [1.54, 1.807) is 0 Å². The molecule has 1 atom stereocenters. The van der Waals surface area contributed by atoms with Crippen LogP contribution in [0.2, 0.25) is 0 Å². The molecule has 0 saturated carbocycles. The fourth-order valence-corrected chi connectivity index (χ4v) is 1.13. The van der Waals surface area contributed by atoms with E-state index in [1.807, 2.05) is 31.2 Å². The first-order valence-corrected chi connectivity index (χ1v) is 4.17. The van der Waals surface area contributed by atoms with Gasteiger partial charge in [-0.2, -0.15) is 0 Å². The molecule has 1 aromatic carbocycles. The topological polar surface area (TPSA) is 46.2 Å². The van der Waals surface area contributed by atoms with Gasteiger partial charge in [0, 0.05) is 19.1 Å². The maximum Gasteiger partial charge on any atom is 0.0497 e. The van der Waals surface area contributed by atoms with Crippen molar-refractivity contribution in [2.75, 3.05) is 6.61 Å². The Balaban J connectivity index is 2.86. The van der Waals surface area contributed by atoms with Gasteiger partial charge in [0.1, 0.15) is 0 Å². The van der Waals surface area contributed by atoms with Crippen LogP contribution in [0.4, 0.5) is 0 Å². The lowest BCUT2D eigenvalue weighted by molar-refractivity contribution is 0.273. The summed E-state index contributed by atoms with van der Waals surface area (Å²) in [4.78, 5) is 0. The molecule has 2 nitrogen and oxygen atoms in total. The molecule has 0 fully saturated rings. The smallest absolute Gasteiger partial charge is 0.0497 e. The molecule has 3 N–H and O–H groups in total. The highest BCUT2D eigenvalue weighted by Crippen LogP contribution is 2.15. The zero-order valence-corrected chi connectivity index (χ0v) is 7.33. The van der Waals surface area contributed by atoms with E-state index in [9.17, 15) is 0 Å². The molecule has 0 aliphatic heterocycles. The van der Waals surface area contributed by atoms with Gasteiger partial charge in [-0.25, -0.2) is 0 Å². The van der Waals surface area contributed by atoms with Crippen LogP contribution in [0.5, 0.6) is 0 Å². The van der Waals surface area contributed by atoms with E-state index >= 15 is 0 Å². The van der Waals surface area contributed by atoms with E-state index in [0.29, 0.717) is 6.54 Å². The molecule has 1 aromatic rings. The third-order valence-electron chi connectivity index (χ3n) is 2.03. The summed E-state index contributed by atoms with van der Waals surface area (Å²) in [5.41, 5.74) is 7.77. The van der Waals surface area contributed by atoms with Crippen molar-refractivity contribution in [1.82, 2.24) is 0 Å². The average molecular weight is 165 g/mol. The fraction of sp³-hybridized carbons (Fsp3) is 0.400. The molecule has 0 aromatic heterocycles. The molecule has 0 saturated heterocycles. The van der Waals surface area contributed by atoms with E-state index in [4.69, 9.17) is 10.8 Å². The molecule has 0 heterocycles. The Morgan fingerprint density at radius 2 is 2.25 bits per heavy atom. The molecule has 0 aliphatic carbocycles. The van der Waals surface area contributed by atoms with Gasteiger partial charge in [-0.05, 0) is 11.1 Å². The van der Waals surface area contributed by atoms with Crippen LogP contribution >= 0.6 is 0 Å².